The molecule has 182 valence electrons. The van der Waals surface area contributed by atoms with Crippen molar-refractivity contribution in [2.45, 2.75) is 56.2 Å². The maximum atomic E-state index is 10.4. The molecule has 2 fully saturated rings. The molecule has 0 spiro atoms. The van der Waals surface area contributed by atoms with Crippen LogP contribution >= 0.6 is 0 Å². The Morgan fingerprint density at radius 2 is 1.92 bits per heavy atom. The van der Waals surface area contributed by atoms with Crippen molar-refractivity contribution in [1.29, 1.82) is 0 Å². The van der Waals surface area contributed by atoms with Crippen LogP contribution in [0.25, 0.3) is 44.2 Å². The highest BCUT2D eigenvalue weighted by atomic mass is 16.3. The summed E-state index contributed by atoms with van der Waals surface area (Å²) in [5.41, 5.74) is 11.1. The highest BCUT2D eigenvalue weighted by Gasteiger charge is 2.35. The van der Waals surface area contributed by atoms with Gasteiger partial charge in [-0.1, -0.05) is 24.6 Å². The van der Waals surface area contributed by atoms with Crippen molar-refractivity contribution in [2.24, 2.45) is 5.73 Å². The second-order valence-electron chi connectivity index (χ2n) is 10.3. The van der Waals surface area contributed by atoms with E-state index < -0.39 is 6.10 Å². The number of aliphatic hydroxyl groups excluding tert-OH is 1. The lowest BCUT2D eigenvalue weighted by molar-refractivity contribution is 0.164. The highest BCUT2D eigenvalue weighted by molar-refractivity contribution is 6.12. The number of benzene rings is 1. The number of nitrogens with two attached hydrogens (primary N) is 1. The molecule has 4 aromatic heterocycles. The van der Waals surface area contributed by atoms with Crippen LogP contribution in [-0.2, 0) is 0 Å². The quantitative estimate of drug-likeness (QED) is 0.352. The molecule has 8 nitrogen and oxygen atoms in total. The van der Waals surface area contributed by atoms with Crippen LogP contribution in [0, 0.1) is 0 Å². The molecule has 4 N–H and O–H groups in total. The third-order valence-corrected chi connectivity index (χ3v) is 8.24. The molecule has 4 heterocycles. The minimum atomic E-state index is -0.496. The zero-order valence-electron chi connectivity index (χ0n) is 20.2. The molecule has 5 aromatic rings. The van der Waals surface area contributed by atoms with Crippen LogP contribution < -0.4 is 10.6 Å². The van der Waals surface area contributed by atoms with Crippen LogP contribution in [-0.4, -0.2) is 55.3 Å². The topological polar surface area (TPSA) is 117 Å². The molecule has 36 heavy (non-hydrogen) atoms. The Morgan fingerprint density at radius 1 is 1.06 bits per heavy atom. The lowest BCUT2D eigenvalue weighted by atomic mass is 9.79. The van der Waals surface area contributed by atoms with Gasteiger partial charge in [-0.25, -0.2) is 15.0 Å². The molecule has 8 heteroatoms. The minimum Gasteiger partial charge on any atom is -0.391 e. The first-order valence-electron chi connectivity index (χ1n) is 12.8. The van der Waals surface area contributed by atoms with Gasteiger partial charge in [-0.3, -0.25) is 4.98 Å². The number of nitrogens with one attached hydrogen (secondary N) is 1. The number of nitrogens with zero attached hydrogens (tertiary/aromatic N) is 5. The second-order valence-corrected chi connectivity index (χ2v) is 10.3. The van der Waals surface area contributed by atoms with Gasteiger partial charge < -0.3 is 20.7 Å². The Labute approximate surface area is 208 Å². The monoisotopic (exact) mass is 479 g/mol. The summed E-state index contributed by atoms with van der Waals surface area (Å²) in [5.74, 6) is 2.02. The maximum Gasteiger partial charge on any atom is 0.163 e. The van der Waals surface area contributed by atoms with Gasteiger partial charge in [0.1, 0.15) is 11.5 Å². The number of aromatic amines is 1. The number of anilines is 1. The van der Waals surface area contributed by atoms with Gasteiger partial charge in [0.05, 0.1) is 17.8 Å². The average molecular weight is 480 g/mol. The van der Waals surface area contributed by atoms with E-state index in [4.69, 9.17) is 15.7 Å². The van der Waals surface area contributed by atoms with Gasteiger partial charge in [-0.15, -0.1) is 0 Å². The fourth-order valence-corrected chi connectivity index (χ4v) is 5.96. The van der Waals surface area contributed by atoms with E-state index in [0.29, 0.717) is 18.2 Å². The van der Waals surface area contributed by atoms with Crippen LogP contribution in [0.15, 0.2) is 48.9 Å². The Kier molecular flexibility index (Phi) is 4.94. The summed E-state index contributed by atoms with van der Waals surface area (Å²) in [6.07, 6.45) is 10.1. The molecule has 2 aliphatic rings. The number of fused-ring (bicyclic) bond motifs is 4. The van der Waals surface area contributed by atoms with E-state index in [2.05, 4.69) is 39.0 Å². The van der Waals surface area contributed by atoms with Crippen molar-refractivity contribution in [3.05, 3.63) is 54.5 Å². The van der Waals surface area contributed by atoms with Gasteiger partial charge in [-0.05, 0) is 49.3 Å². The van der Waals surface area contributed by atoms with E-state index in [9.17, 15) is 5.11 Å². The summed E-state index contributed by atoms with van der Waals surface area (Å²) in [5, 5.41) is 13.6. The van der Waals surface area contributed by atoms with Crippen LogP contribution in [0.4, 0.5) is 5.82 Å². The number of aliphatic hydroxyl groups is 1. The normalized spacial score (nSPS) is 22.5. The van der Waals surface area contributed by atoms with Gasteiger partial charge in [0.15, 0.2) is 5.82 Å². The van der Waals surface area contributed by atoms with E-state index in [-0.39, 0.29) is 12.1 Å². The molecule has 2 aliphatic carbocycles. The Bertz CT molecular complexity index is 1600. The first-order valence-corrected chi connectivity index (χ1v) is 12.8. The third-order valence-electron chi connectivity index (χ3n) is 8.24. The summed E-state index contributed by atoms with van der Waals surface area (Å²) >= 11 is 0. The molecule has 0 saturated heterocycles. The zero-order chi connectivity index (χ0) is 24.4. The summed E-state index contributed by atoms with van der Waals surface area (Å²) < 4.78 is 0. The molecule has 0 aliphatic heterocycles. The number of rotatable bonds is 4. The average Bonchev–Trinajstić information content (AvgIpc) is 3.41. The molecule has 0 bridgehead atoms. The number of hydrogen-bond donors (Lipinski definition) is 3. The molecule has 2 saturated carbocycles. The fraction of sp³-hybridized carbons (Fsp3) is 0.357. The Morgan fingerprint density at radius 3 is 2.69 bits per heavy atom. The summed E-state index contributed by atoms with van der Waals surface area (Å²) in [7, 11) is 2.07. The zero-order valence-corrected chi connectivity index (χ0v) is 20.2. The predicted octanol–water partition coefficient (Wildman–Crippen LogP) is 4.28. The van der Waals surface area contributed by atoms with Crippen LogP contribution in [0.1, 0.15) is 43.6 Å². The largest absolute Gasteiger partial charge is 0.391 e. The number of hydrogen-bond acceptors (Lipinski definition) is 7. The molecule has 1 aromatic carbocycles. The first kappa shape index (κ1) is 21.6. The summed E-state index contributed by atoms with van der Waals surface area (Å²) in [4.78, 5) is 25.1. The van der Waals surface area contributed by atoms with E-state index in [1.165, 1.54) is 24.8 Å². The second kappa shape index (κ2) is 8.21. The van der Waals surface area contributed by atoms with Crippen LogP contribution in [0.5, 0.6) is 0 Å². The van der Waals surface area contributed by atoms with Crippen molar-refractivity contribution in [3.63, 3.8) is 0 Å². The Balaban J connectivity index is 1.47. The van der Waals surface area contributed by atoms with Crippen molar-refractivity contribution < 1.29 is 5.11 Å². The van der Waals surface area contributed by atoms with Gasteiger partial charge in [0.2, 0.25) is 0 Å². The van der Waals surface area contributed by atoms with Crippen molar-refractivity contribution in [2.75, 3.05) is 11.9 Å². The van der Waals surface area contributed by atoms with Crippen molar-refractivity contribution in [1.82, 2.24) is 24.9 Å². The fourth-order valence-electron chi connectivity index (χ4n) is 5.96. The molecular formula is C28H29N7O. The van der Waals surface area contributed by atoms with E-state index >= 15 is 0 Å². The van der Waals surface area contributed by atoms with Crippen molar-refractivity contribution in [3.8, 4) is 11.4 Å². The third kappa shape index (κ3) is 3.28. The van der Waals surface area contributed by atoms with Gasteiger partial charge in [-0.2, -0.15) is 0 Å². The first-order chi connectivity index (χ1) is 17.6. The van der Waals surface area contributed by atoms with Gasteiger partial charge in [0.25, 0.3) is 0 Å². The predicted molar refractivity (Wildman–Crippen MR) is 142 cm³/mol. The van der Waals surface area contributed by atoms with Crippen LogP contribution in [0.3, 0.4) is 0 Å². The van der Waals surface area contributed by atoms with Gasteiger partial charge >= 0.3 is 0 Å². The number of aromatic nitrogens is 5. The highest BCUT2D eigenvalue weighted by Crippen LogP contribution is 2.43. The van der Waals surface area contributed by atoms with Crippen LogP contribution in [0.2, 0.25) is 0 Å². The van der Waals surface area contributed by atoms with E-state index in [1.54, 1.807) is 6.20 Å². The lowest BCUT2D eigenvalue weighted by Gasteiger charge is -2.31. The lowest BCUT2D eigenvalue weighted by Crippen LogP contribution is -2.32. The molecule has 0 radical (unpaired) electrons. The minimum absolute atomic E-state index is 0.105. The molecule has 3 unspecified atom stereocenters. The summed E-state index contributed by atoms with van der Waals surface area (Å²) in [6.45, 7) is 0. The van der Waals surface area contributed by atoms with E-state index in [0.717, 1.165) is 50.6 Å². The maximum absolute atomic E-state index is 10.4. The van der Waals surface area contributed by atoms with Gasteiger partial charge in [0, 0.05) is 58.8 Å². The molecule has 7 rings (SSSR count). The SMILES string of the molecule is CN(c1nc(-c2ccnc3[nH]c4ccccc4c23)nc2cncc(C3CCC3)c12)C1CC(N)C(O)C1. The van der Waals surface area contributed by atoms with E-state index in [1.807, 2.05) is 30.6 Å². The Hall–Kier alpha value is -3.62. The smallest absolute Gasteiger partial charge is 0.163 e. The number of H-pyrrole nitrogens is 1. The van der Waals surface area contributed by atoms with Crippen molar-refractivity contribution >= 4 is 38.7 Å². The molecule has 0 amide bonds. The molecule has 3 atom stereocenters. The molecular weight excluding hydrogens is 450 g/mol. The number of pyridine rings is 2. The standard InChI is InChI=1S/C28H29N7O/c1-35(16-11-20(29)23(36)12-16)28-25-19(15-5-4-6-15)13-30-14-22(25)33-26(34-28)18-9-10-31-27-24(18)17-7-2-3-8-21(17)32-27/h2-3,7-10,13-16,20,23,36H,4-6,11-12,29H2,1H3,(H,31,32). The summed E-state index contributed by atoms with van der Waals surface area (Å²) in [6, 6.07) is 10.1. The number of para-hydroxylation sites is 1.